The maximum Gasteiger partial charge on any atom is 0.0780 e. The van der Waals surface area contributed by atoms with E-state index >= 15 is 0 Å². The molecule has 1 N–H and O–H groups in total. The van der Waals surface area contributed by atoms with Crippen molar-refractivity contribution < 1.29 is 0 Å². The molecule has 0 saturated heterocycles. The molecule has 3 heteroatoms. The summed E-state index contributed by atoms with van der Waals surface area (Å²) >= 11 is 0. The summed E-state index contributed by atoms with van der Waals surface area (Å²) in [5.74, 6) is 0. The van der Waals surface area contributed by atoms with Crippen LogP contribution in [-0.4, -0.2) is 15.0 Å². The molecule has 0 aliphatic rings. The number of aromatic amines is 1. The summed E-state index contributed by atoms with van der Waals surface area (Å²) < 4.78 is 0. The number of nitrogens with one attached hydrogen (secondary N) is 1. The van der Waals surface area contributed by atoms with Gasteiger partial charge in [0.2, 0.25) is 0 Å². The summed E-state index contributed by atoms with van der Waals surface area (Å²) in [6.45, 7) is 0. The summed E-state index contributed by atoms with van der Waals surface area (Å²) in [6, 6.07) is 38.0. The molecule has 3 aromatic heterocycles. The van der Waals surface area contributed by atoms with Crippen LogP contribution < -0.4 is 10.7 Å². The van der Waals surface area contributed by atoms with Gasteiger partial charge in [-0.15, -0.1) is 0 Å². The molecule has 0 amide bonds. The van der Waals surface area contributed by atoms with E-state index in [0.29, 0.717) is 0 Å². The first-order valence-corrected chi connectivity index (χ1v) is 12.4. The first kappa shape index (κ1) is 21.3. The van der Waals surface area contributed by atoms with E-state index in [-0.39, 0.29) is 0 Å². The van der Waals surface area contributed by atoms with Crippen molar-refractivity contribution in [2.24, 2.45) is 0 Å². The molecule has 0 atom stereocenters. The van der Waals surface area contributed by atoms with E-state index < -0.39 is 0 Å². The van der Waals surface area contributed by atoms with Gasteiger partial charge in [0.15, 0.2) is 0 Å². The second-order valence-electron chi connectivity index (χ2n) is 9.21. The zero-order chi connectivity index (χ0) is 24.6. The maximum absolute atomic E-state index is 4.72. The molecule has 0 unspecified atom stereocenters. The minimum absolute atomic E-state index is 0.959. The Morgan fingerprint density at radius 3 is 1.92 bits per heavy atom. The third kappa shape index (κ3) is 3.87. The third-order valence-corrected chi connectivity index (χ3v) is 6.91. The Hall–Kier alpha value is -5.02. The fourth-order valence-corrected chi connectivity index (χ4v) is 5.15. The van der Waals surface area contributed by atoms with Gasteiger partial charge in [-0.1, -0.05) is 91.0 Å². The lowest BCUT2D eigenvalue weighted by atomic mass is 10.0. The average Bonchev–Trinajstić information content (AvgIpc) is 3.30. The molecule has 0 spiro atoms. The van der Waals surface area contributed by atoms with Gasteiger partial charge in [-0.05, 0) is 46.7 Å². The molecule has 0 radical (unpaired) electrons. The Morgan fingerprint density at radius 2 is 1.14 bits per heavy atom. The quantitative estimate of drug-likeness (QED) is 0.315. The number of benzene rings is 4. The van der Waals surface area contributed by atoms with Crippen LogP contribution in [-0.2, 0) is 0 Å². The number of H-pyrrole nitrogens is 1. The van der Waals surface area contributed by atoms with E-state index in [2.05, 4.69) is 131 Å². The lowest BCUT2D eigenvalue weighted by Gasteiger charge is -2.06. The predicted octanol–water partition coefficient (Wildman–Crippen LogP) is 6.59. The standard InChI is InChI=1S/C34H23N3/c1-3-12-27-24(9-1)16-18-35-31(27)22-33-30-15-6-5-14-29(30)32(37-33)21-23-8-7-11-26(20-23)34-28-13-4-2-10-25(28)17-19-36-34/h1-22,37H. The molecule has 7 rings (SSSR count). The molecule has 174 valence electrons. The van der Waals surface area contributed by atoms with Crippen molar-refractivity contribution in [2.75, 3.05) is 0 Å². The molecule has 7 aromatic rings. The van der Waals surface area contributed by atoms with Gasteiger partial charge < -0.3 is 4.98 Å². The topological polar surface area (TPSA) is 41.6 Å². The third-order valence-electron chi connectivity index (χ3n) is 6.91. The highest BCUT2D eigenvalue weighted by atomic mass is 14.7. The van der Waals surface area contributed by atoms with Crippen molar-refractivity contribution in [3.63, 3.8) is 0 Å². The van der Waals surface area contributed by atoms with E-state index in [1.54, 1.807) is 0 Å². The molecule has 4 aromatic carbocycles. The highest BCUT2D eigenvalue weighted by Gasteiger charge is 2.07. The lowest BCUT2D eigenvalue weighted by molar-refractivity contribution is 1.26. The molecule has 0 saturated carbocycles. The van der Waals surface area contributed by atoms with Crippen molar-refractivity contribution in [3.8, 4) is 11.3 Å². The fraction of sp³-hybridized carbons (Fsp3) is 0. The second kappa shape index (κ2) is 8.89. The SMILES string of the molecule is C(c1cccc(-c2nccc3ccccc23)c1)=c1[nH]c(=Cc2nccc3ccccc23)c2ccccc12. The number of nitrogens with zero attached hydrogens (tertiary/aromatic N) is 2. The molecule has 0 bridgehead atoms. The number of pyridine rings is 2. The molecule has 0 aliphatic heterocycles. The van der Waals surface area contributed by atoms with Gasteiger partial charge in [-0.2, -0.15) is 0 Å². The molecular formula is C34H23N3. The normalized spacial score (nSPS) is 12.6. The second-order valence-corrected chi connectivity index (χ2v) is 9.21. The molecule has 37 heavy (non-hydrogen) atoms. The van der Waals surface area contributed by atoms with Gasteiger partial charge in [0.25, 0.3) is 0 Å². The van der Waals surface area contributed by atoms with E-state index in [4.69, 9.17) is 4.98 Å². The van der Waals surface area contributed by atoms with Crippen LogP contribution in [0.25, 0.3) is 55.7 Å². The minimum Gasteiger partial charge on any atom is -0.354 e. The number of hydrogen-bond donors (Lipinski definition) is 1. The van der Waals surface area contributed by atoms with Crippen LogP contribution in [0.1, 0.15) is 11.3 Å². The summed E-state index contributed by atoms with van der Waals surface area (Å²) in [5, 5.41) is 9.17. The van der Waals surface area contributed by atoms with E-state index in [9.17, 15) is 0 Å². The Kier molecular flexibility index (Phi) is 5.11. The summed E-state index contributed by atoms with van der Waals surface area (Å²) in [5.41, 5.74) is 4.18. The summed E-state index contributed by atoms with van der Waals surface area (Å²) in [4.78, 5) is 13.1. The highest BCUT2D eigenvalue weighted by molar-refractivity contribution is 5.95. The van der Waals surface area contributed by atoms with Crippen molar-refractivity contribution in [1.29, 1.82) is 0 Å². The molecule has 0 fully saturated rings. The zero-order valence-corrected chi connectivity index (χ0v) is 20.1. The van der Waals surface area contributed by atoms with E-state index in [1.807, 2.05) is 12.4 Å². The molecule has 3 heterocycles. The van der Waals surface area contributed by atoms with Crippen LogP contribution in [0.4, 0.5) is 0 Å². The monoisotopic (exact) mass is 473 g/mol. The van der Waals surface area contributed by atoms with Crippen LogP contribution in [0.5, 0.6) is 0 Å². The van der Waals surface area contributed by atoms with Crippen LogP contribution >= 0.6 is 0 Å². The van der Waals surface area contributed by atoms with Crippen molar-refractivity contribution in [1.82, 2.24) is 15.0 Å². The van der Waals surface area contributed by atoms with E-state index in [0.717, 1.165) is 44.0 Å². The van der Waals surface area contributed by atoms with Gasteiger partial charge >= 0.3 is 0 Å². The van der Waals surface area contributed by atoms with Crippen molar-refractivity contribution >= 4 is 44.5 Å². The fourth-order valence-electron chi connectivity index (χ4n) is 5.15. The van der Waals surface area contributed by atoms with Gasteiger partial charge in [0, 0.05) is 50.2 Å². The van der Waals surface area contributed by atoms with Gasteiger partial charge in [-0.3, -0.25) is 9.97 Å². The van der Waals surface area contributed by atoms with Crippen LogP contribution in [0.3, 0.4) is 0 Å². The maximum atomic E-state index is 4.72. The number of hydrogen-bond acceptors (Lipinski definition) is 2. The number of aromatic nitrogens is 3. The van der Waals surface area contributed by atoms with Crippen molar-refractivity contribution in [2.45, 2.75) is 0 Å². The van der Waals surface area contributed by atoms with Crippen LogP contribution in [0, 0.1) is 0 Å². The molecule has 3 nitrogen and oxygen atoms in total. The number of rotatable bonds is 3. The number of fused-ring (bicyclic) bond motifs is 3. The Labute approximate surface area is 214 Å². The Morgan fingerprint density at radius 1 is 0.514 bits per heavy atom. The van der Waals surface area contributed by atoms with Crippen LogP contribution in [0.15, 0.2) is 122 Å². The zero-order valence-electron chi connectivity index (χ0n) is 20.1. The van der Waals surface area contributed by atoms with E-state index in [1.165, 1.54) is 21.5 Å². The van der Waals surface area contributed by atoms with Gasteiger partial charge in [-0.25, -0.2) is 0 Å². The lowest BCUT2D eigenvalue weighted by Crippen LogP contribution is -2.10. The first-order chi connectivity index (χ1) is 18.3. The Balaban J connectivity index is 1.40. The average molecular weight is 474 g/mol. The summed E-state index contributed by atoms with van der Waals surface area (Å²) in [7, 11) is 0. The first-order valence-electron chi connectivity index (χ1n) is 12.4. The van der Waals surface area contributed by atoms with Crippen molar-refractivity contribution in [3.05, 3.63) is 144 Å². The smallest absolute Gasteiger partial charge is 0.0780 e. The molecule has 0 aliphatic carbocycles. The summed E-state index contributed by atoms with van der Waals surface area (Å²) in [6.07, 6.45) is 8.12. The largest absolute Gasteiger partial charge is 0.354 e. The highest BCUT2D eigenvalue weighted by Crippen LogP contribution is 2.27. The van der Waals surface area contributed by atoms with Gasteiger partial charge in [0.05, 0.1) is 11.4 Å². The van der Waals surface area contributed by atoms with Gasteiger partial charge in [0.1, 0.15) is 0 Å². The van der Waals surface area contributed by atoms with Crippen LogP contribution in [0.2, 0.25) is 0 Å². The Bertz CT molecular complexity index is 2040. The predicted molar refractivity (Wildman–Crippen MR) is 154 cm³/mol. The minimum atomic E-state index is 0.959. The molecular weight excluding hydrogens is 450 g/mol.